The molecule has 0 fully saturated rings. The SMILES string of the molecule is O=C(O)c1cccc(CNc2nccc(-c3ccccn3)n2)c1. The van der Waals surface area contributed by atoms with Crippen LogP contribution in [-0.4, -0.2) is 26.0 Å². The summed E-state index contributed by atoms with van der Waals surface area (Å²) in [4.78, 5) is 23.8. The number of hydrogen-bond acceptors (Lipinski definition) is 5. The van der Waals surface area contributed by atoms with Gasteiger partial charge in [-0.25, -0.2) is 14.8 Å². The minimum atomic E-state index is -0.944. The lowest BCUT2D eigenvalue weighted by atomic mass is 10.1. The highest BCUT2D eigenvalue weighted by atomic mass is 16.4. The molecule has 114 valence electrons. The third-order valence-electron chi connectivity index (χ3n) is 3.21. The molecule has 1 aromatic carbocycles. The summed E-state index contributed by atoms with van der Waals surface area (Å²) < 4.78 is 0. The molecule has 6 heteroatoms. The van der Waals surface area contributed by atoms with E-state index in [-0.39, 0.29) is 5.56 Å². The van der Waals surface area contributed by atoms with Crippen LogP contribution in [0.15, 0.2) is 60.9 Å². The molecule has 0 aliphatic rings. The third-order valence-corrected chi connectivity index (χ3v) is 3.21. The Labute approximate surface area is 132 Å². The predicted molar refractivity (Wildman–Crippen MR) is 86.0 cm³/mol. The molecule has 0 amide bonds. The van der Waals surface area contributed by atoms with E-state index in [1.807, 2.05) is 24.3 Å². The van der Waals surface area contributed by atoms with E-state index in [0.717, 1.165) is 17.0 Å². The van der Waals surface area contributed by atoms with E-state index in [0.29, 0.717) is 12.5 Å². The van der Waals surface area contributed by atoms with Gasteiger partial charge in [-0.3, -0.25) is 4.98 Å². The summed E-state index contributed by atoms with van der Waals surface area (Å²) in [6, 6.07) is 14.2. The topological polar surface area (TPSA) is 88.0 Å². The number of nitrogens with one attached hydrogen (secondary N) is 1. The number of carboxylic acid groups (broad SMARTS) is 1. The van der Waals surface area contributed by atoms with Gasteiger partial charge in [0.05, 0.1) is 17.0 Å². The Hall–Kier alpha value is -3.28. The highest BCUT2D eigenvalue weighted by Gasteiger charge is 2.05. The molecule has 6 nitrogen and oxygen atoms in total. The van der Waals surface area contributed by atoms with Crippen molar-refractivity contribution in [2.45, 2.75) is 6.54 Å². The average molecular weight is 306 g/mol. The Kier molecular flexibility index (Phi) is 4.24. The van der Waals surface area contributed by atoms with Crippen molar-refractivity contribution in [3.05, 3.63) is 72.1 Å². The molecular formula is C17H14N4O2. The zero-order valence-electron chi connectivity index (χ0n) is 12.2. The Balaban J connectivity index is 1.74. The molecule has 0 aliphatic carbocycles. The van der Waals surface area contributed by atoms with Gasteiger partial charge in [-0.15, -0.1) is 0 Å². The summed E-state index contributed by atoms with van der Waals surface area (Å²) in [5, 5.41) is 12.1. The summed E-state index contributed by atoms with van der Waals surface area (Å²) in [6.07, 6.45) is 3.37. The first-order valence-corrected chi connectivity index (χ1v) is 7.03. The van der Waals surface area contributed by atoms with Gasteiger partial charge in [0.2, 0.25) is 5.95 Å². The number of aromatic nitrogens is 3. The summed E-state index contributed by atoms with van der Waals surface area (Å²) in [7, 11) is 0. The molecule has 0 radical (unpaired) electrons. The molecule has 0 saturated carbocycles. The van der Waals surface area contributed by atoms with Gasteiger partial charge in [0.1, 0.15) is 0 Å². The quantitative estimate of drug-likeness (QED) is 0.753. The van der Waals surface area contributed by atoms with E-state index in [2.05, 4.69) is 20.3 Å². The van der Waals surface area contributed by atoms with E-state index >= 15 is 0 Å². The second-order valence-corrected chi connectivity index (χ2v) is 4.84. The van der Waals surface area contributed by atoms with Crippen molar-refractivity contribution < 1.29 is 9.90 Å². The van der Waals surface area contributed by atoms with Crippen molar-refractivity contribution in [3.63, 3.8) is 0 Å². The molecule has 0 unspecified atom stereocenters. The highest BCUT2D eigenvalue weighted by Crippen LogP contribution is 2.14. The fraction of sp³-hybridized carbons (Fsp3) is 0.0588. The minimum absolute atomic E-state index is 0.257. The molecule has 3 aromatic rings. The van der Waals surface area contributed by atoms with E-state index in [1.165, 1.54) is 0 Å². The molecule has 0 aliphatic heterocycles. The van der Waals surface area contributed by atoms with Crippen LogP contribution in [0.5, 0.6) is 0 Å². The lowest BCUT2D eigenvalue weighted by molar-refractivity contribution is 0.0697. The molecule has 0 saturated heterocycles. The average Bonchev–Trinajstić information content (AvgIpc) is 2.61. The Bertz CT molecular complexity index is 822. The Morgan fingerprint density at radius 2 is 1.91 bits per heavy atom. The zero-order chi connectivity index (χ0) is 16.1. The number of pyridine rings is 1. The van der Waals surface area contributed by atoms with E-state index in [1.54, 1.807) is 36.7 Å². The maximum atomic E-state index is 11.0. The Morgan fingerprint density at radius 1 is 1.00 bits per heavy atom. The highest BCUT2D eigenvalue weighted by molar-refractivity contribution is 5.87. The van der Waals surface area contributed by atoms with Crippen LogP contribution in [0.1, 0.15) is 15.9 Å². The maximum Gasteiger partial charge on any atom is 0.335 e. The van der Waals surface area contributed by atoms with Crippen molar-refractivity contribution in [3.8, 4) is 11.4 Å². The van der Waals surface area contributed by atoms with Crippen LogP contribution in [-0.2, 0) is 6.54 Å². The molecule has 2 aromatic heterocycles. The van der Waals surface area contributed by atoms with Gasteiger partial charge in [0.25, 0.3) is 0 Å². The van der Waals surface area contributed by atoms with Crippen molar-refractivity contribution in [2.24, 2.45) is 0 Å². The summed E-state index contributed by atoms with van der Waals surface area (Å²) in [5.41, 5.74) is 2.59. The van der Waals surface area contributed by atoms with Gasteiger partial charge in [-0.2, -0.15) is 0 Å². The van der Waals surface area contributed by atoms with Gasteiger partial charge >= 0.3 is 5.97 Å². The number of aromatic carboxylic acids is 1. The standard InChI is InChI=1S/C17H14N4O2/c22-16(23)13-5-3-4-12(10-13)11-20-17-19-9-7-15(21-17)14-6-1-2-8-18-14/h1-10H,11H2,(H,22,23)(H,19,20,21). The largest absolute Gasteiger partial charge is 0.478 e. The lowest BCUT2D eigenvalue weighted by Crippen LogP contribution is -2.05. The van der Waals surface area contributed by atoms with Gasteiger partial charge in [0, 0.05) is 18.9 Å². The normalized spacial score (nSPS) is 10.3. The maximum absolute atomic E-state index is 11.0. The van der Waals surface area contributed by atoms with Gasteiger partial charge in [-0.1, -0.05) is 18.2 Å². The van der Waals surface area contributed by atoms with Gasteiger partial charge in [0.15, 0.2) is 0 Å². The number of nitrogens with zero attached hydrogens (tertiary/aromatic N) is 3. The van der Waals surface area contributed by atoms with Crippen LogP contribution in [0.2, 0.25) is 0 Å². The van der Waals surface area contributed by atoms with Crippen LogP contribution in [0, 0.1) is 0 Å². The van der Waals surface area contributed by atoms with Crippen molar-refractivity contribution >= 4 is 11.9 Å². The van der Waals surface area contributed by atoms with Gasteiger partial charge < -0.3 is 10.4 Å². The van der Waals surface area contributed by atoms with E-state index < -0.39 is 5.97 Å². The smallest absolute Gasteiger partial charge is 0.335 e. The first-order valence-electron chi connectivity index (χ1n) is 7.03. The third kappa shape index (κ3) is 3.68. The van der Waals surface area contributed by atoms with E-state index in [9.17, 15) is 4.79 Å². The second kappa shape index (κ2) is 6.65. The summed E-state index contributed by atoms with van der Waals surface area (Å²) >= 11 is 0. The molecule has 2 N–H and O–H groups in total. The van der Waals surface area contributed by atoms with Crippen LogP contribution < -0.4 is 5.32 Å². The first-order chi connectivity index (χ1) is 11.2. The molecule has 23 heavy (non-hydrogen) atoms. The predicted octanol–water partition coefficient (Wildman–Crippen LogP) is 2.85. The van der Waals surface area contributed by atoms with Crippen LogP contribution in [0.4, 0.5) is 5.95 Å². The fourth-order valence-corrected chi connectivity index (χ4v) is 2.10. The molecule has 2 heterocycles. The van der Waals surface area contributed by atoms with Crippen molar-refractivity contribution in [1.29, 1.82) is 0 Å². The second-order valence-electron chi connectivity index (χ2n) is 4.84. The Morgan fingerprint density at radius 3 is 2.70 bits per heavy atom. The van der Waals surface area contributed by atoms with Crippen LogP contribution in [0.3, 0.4) is 0 Å². The summed E-state index contributed by atoms with van der Waals surface area (Å²) in [6.45, 7) is 0.437. The van der Waals surface area contributed by atoms with Crippen LogP contribution in [0.25, 0.3) is 11.4 Å². The summed E-state index contributed by atoms with van der Waals surface area (Å²) in [5.74, 6) is -0.478. The lowest BCUT2D eigenvalue weighted by Gasteiger charge is -2.07. The molecule has 0 spiro atoms. The van der Waals surface area contributed by atoms with Crippen LogP contribution >= 0.6 is 0 Å². The first kappa shape index (κ1) is 14.6. The number of anilines is 1. The van der Waals surface area contributed by atoms with E-state index in [4.69, 9.17) is 5.11 Å². The number of hydrogen-bond donors (Lipinski definition) is 2. The fourth-order valence-electron chi connectivity index (χ4n) is 2.10. The molecular weight excluding hydrogens is 292 g/mol. The zero-order valence-corrected chi connectivity index (χ0v) is 12.2. The number of benzene rings is 1. The minimum Gasteiger partial charge on any atom is -0.478 e. The number of carboxylic acids is 1. The van der Waals surface area contributed by atoms with Gasteiger partial charge in [-0.05, 0) is 35.9 Å². The number of rotatable bonds is 5. The monoisotopic (exact) mass is 306 g/mol. The number of carbonyl (C=O) groups is 1. The molecule has 0 bridgehead atoms. The van der Waals surface area contributed by atoms with Crippen molar-refractivity contribution in [2.75, 3.05) is 5.32 Å². The molecule has 0 atom stereocenters. The van der Waals surface area contributed by atoms with Crippen molar-refractivity contribution in [1.82, 2.24) is 15.0 Å². The molecule has 3 rings (SSSR count).